The van der Waals surface area contributed by atoms with E-state index in [1.807, 2.05) is 30.5 Å². The van der Waals surface area contributed by atoms with E-state index in [4.69, 9.17) is 0 Å². The maximum absolute atomic E-state index is 11.6. The summed E-state index contributed by atoms with van der Waals surface area (Å²) in [5.41, 5.74) is 0.846. The molecule has 1 unspecified atom stereocenters. The van der Waals surface area contributed by atoms with E-state index in [1.165, 1.54) is 4.90 Å². The van der Waals surface area contributed by atoms with Crippen LogP contribution in [-0.2, 0) is 4.79 Å². The van der Waals surface area contributed by atoms with Gasteiger partial charge in [-0.3, -0.25) is 4.79 Å². The normalized spacial score (nSPS) is 12.2. The molecule has 4 heteroatoms. The van der Waals surface area contributed by atoms with E-state index >= 15 is 0 Å². The number of hydrogen-bond acceptors (Lipinski definition) is 3. The van der Waals surface area contributed by atoms with Crippen molar-refractivity contribution in [2.24, 2.45) is 0 Å². The zero-order valence-corrected chi connectivity index (χ0v) is 11.4. The minimum absolute atomic E-state index is 0.00204. The molecule has 17 heavy (non-hydrogen) atoms. The van der Waals surface area contributed by atoms with Gasteiger partial charge in [-0.25, -0.2) is 0 Å². The third kappa shape index (κ3) is 5.24. The molecule has 3 nitrogen and oxygen atoms in total. The zero-order chi connectivity index (χ0) is 12.7. The maximum atomic E-state index is 11.6. The van der Waals surface area contributed by atoms with Crippen LogP contribution in [0.15, 0.2) is 29.2 Å². The lowest BCUT2D eigenvalue weighted by Crippen LogP contribution is -2.33. The Morgan fingerprint density at radius 3 is 2.53 bits per heavy atom. The van der Waals surface area contributed by atoms with Gasteiger partial charge in [0, 0.05) is 16.6 Å². The molecule has 0 fully saturated rings. The molecule has 1 rings (SSSR count). The van der Waals surface area contributed by atoms with Crippen LogP contribution in [0.5, 0.6) is 0 Å². The average Bonchev–Trinajstić information content (AvgIpc) is 2.36. The highest BCUT2D eigenvalue weighted by molar-refractivity contribution is 7.98. The van der Waals surface area contributed by atoms with Gasteiger partial charge in [-0.15, -0.1) is 11.8 Å². The second-order valence-electron chi connectivity index (χ2n) is 3.97. The number of hydrogen-bond donors (Lipinski definition) is 2. The smallest absolute Gasteiger partial charge is 0.238 e. The highest BCUT2D eigenvalue weighted by Gasteiger charge is 2.04. The molecule has 94 valence electrons. The topological polar surface area (TPSA) is 41.1 Å². The van der Waals surface area contributed by atoms with Crippen LogP contribution in [-0.4, -0.2) is 24.7 Å². The third-order valence-corrected chi connectivity index (χ3v) is 3.34. The van der Waals surface area contributed by atoms with Gasteiger partial charge in [-0.2, -0.15) is 0 Å². The Kier molecular flexibility index (Phi) is 6.08. The van der Waals surface area contributed by atoms with Gasteiger partial charge in [0.1, 0.15) is 0 Å². The first-order valence-corrected chi connectivity index (χ1v) is 7.05. The van der Waals surface area contributed by atoms with Crippen LogP contribution in [0, 0.1) is 0 Å². The van der Waals surface area contributed by atoms with E-state index in [-0.39, 0.29) is 5.91 Å². The minimum atomic E-state index is 0.00204. The summed E-state index contributed by atoms with van der Waals surface area (Å²) in [5, 5.41) is 6.02. The molecular formula is C13H20N2OS. The van der Waals surface area contributed by atoms with Crippen LogP contribution in [0.3, 0.4) is 0 Å². The predicted octanol–water partition coefficient (Wildman–Crippen LogP) is 2.74. The molecule has 0 aliphatic carbocycles. The first-order valence-electron chi connectivity index (χ1n) is 5.83. The van der Waals surface area contributed by atoms with E-state index < -0.39 is 0 Å². The molecule has 0 aliphatic rings. The van der Waals surface area contributed by atoms with Crippen molar-refractivity contribution in [2.45, 2.75) is 31.2 Å². The number of anilines is 1. The van der Waals surface area contributed by atoms with Crippen molar-refractivity contribution in [1.29, 1.82) is 0 Å². The summed E-state index contributed by atoms with van der Waals surface area (Å²) in [6.07, 6.45) is 3.05. The van der Waals surface area contributed by atoms with Crippen LogP contribution in [0.1, 0.15) is 20.3 Å². The summed E-state index contributed by atoms with van der Waals surface area (Å²) in [6.45, 7) is 4.52. The molecule has 0 heterocycles. The molecule has 0 bridgehead atoms. The van der Waals surface area contributed by atoms with E-state index in [2.05, 4.69) is 24.5 Å². The maximum Gasteiger partial charge on any atom is 0.238 e. The molecule has 0 saturated heterocycles. The Morgan fingerprint density at radius 1 is 1.35 bits per heavy atom. The fraction of sp³-hybridized carbons (Fsp3) is 0.462. The Bertz CT molecular complexity index is 351. The summed E-state index contributed by atoms with van der Waals surface area (Å²) in [5.74, 6) is 0.00204. The largest absolute Gasteiger partial charge is 0.325 e. The number of rotatable bonds is 6. The molecule has 1 aromatic carbocycles. The van der Waals surface area contributed by atoms with Crippen LogP contribution >= 0.6 is 11.8 Å². The summed E-state index contributed by atoms with van der Waals surface area (Å²) in [6, 6.07) is 8.23. The molecule has 0 aliphatic heterocycles. The van der Waals surface area contributed by atoms with Crippen molar-refractivity contribution in [3.05, 3.63) is 24.3 Å². The highest BCUT2D eigenvalue weighted by atomic mass is 32.2. The summed E-state index contributed by atoms with van der Waals surface area (Å²) < 4.78 is 0. The summed E-state index contributed by atoms with van der Waals surface area (Å²) in [7, 11) is 0. The number of benzene rings is 1. The fourth-order valence-corrected chi connectivity index (χ4v) is 1.70. The van der Waals surface area contributed by atoms with Gasteiger partial charge in [-0.1, -0.05) is 6.92 Å². The predicted molar refractivity (Wildman–Crippen MR) is 74.6 cm³/mol. The van der Waals surface area contributed by atoms with Gasteiger partial charge in [0.25, 0.3) is 0 Å². The SMILES string of the molecule is CCC(C)NCC(=O)Nc1ccc(SC)cc1. The molecule has 0 saturated carbocycles. The van der Waals surface area contributed by atoms with Crippen molar-refractivity contribution in [3.63, 3.8) is 0 Å². The number of nitrogens with one attached hydrogen (secondary N) is 2. The van der Waals surface area contributed by atoms with E-state index in [0.29, 0.717) is 12.6 Å². The van der Waals surface area contributed by atoms with Crippen molar-refractivity contribution in [3.8, 4) is 0 Å². The Morgan fingerprint density at radius 2 is 2.00 bits per heavy atom. The first kappa shape index (κ1) is 14.1. The molecule has 0 radical (unpaired) electrons. The standard InChI is InChI=1S/C13H20N2OS/c1-4-10(2)14-9-13(16)15-11-5-7-12(17-3)8-6-11/h5-8,10,14H,4,9H2,1-3H3,(H,15,16). The van der Waals surface area contributed by atoms with Gasteiger partial charge in [0.15, 0.2) is 0 Å². The average molecular weight is 252 g/mol. The lowest BCUT2D eigenvalue weighted by molar-refractivity contribution is -0.115. The molecule has 2 N–H and O–H groups in total. The second kappa shape index (κ2) is 7.35. The molecular weight excluding hydrogens is 232 g/mol. The van der Waals surface area contributed by atoms with Crippen LogP contribution in [0.2, 0.25) is 0 Å². The van der Waals surface area contributed by atoms with Crippen molar-refractivity contribution in [1.82, 2.24) is 5.32 Å². The van der Waals surface area contributed by atoms with Gasteiger partial charge in [0.2, 0.25) is 5.91 Å². The van der Waals surface area contributed by atoms with E-state index in [1.54, 1.807) is 11.8 Å². The lowest BCUT2D eigenvalue weighted by atomic mass is 10.2. The molecule has 1 atom stereocenters. The Labute approximate surface area is 107 Å². The van der Waals surface area contributed by atoms with Gasteiger partial charge >= 0.3 is 0 Å². The lowest BCUT2D eigenvalue weighted by Gasteiger charge is -2.11. The van der Waals surface area contributed by atoms with E-state index in [0.717, 1.165) is 12.1 Å². The molecule has 0 spiro atoms. The summed E-state index contributed by atoms with van der Waals surface area (Å²) >= 11 is 1.69. The molecule has 1 aromatic rings. The van der Waals surface area contributed by atoms with Crippen LogP contribution in [0.4, 0.5) is 5.69 Å². The van der Waals surface area contributed by atoms with Crippen LogP contribution in [0.25, 0.3) is 0 Å². The zero-order valence-electron chi connectivity index (χ0n) is 10.6. The fourth-order valence-electron chi connectivity index (χ4n) is 1.29. The van der Waals surface area contributed by atoms with Crippen LogP contribution < -0.4 is 10.6 Å². The quantitative estimate of drug-likeness (QED) is 0.765. The highest BCUT2D eigenvalue weighted by Crippen LogP contribution is 2.17. The van der Waals surface area contributed by atoms with Crippen molar-refractivity contribution in [2.75, 3.05) is 18.1 Å². The Hall–Kier alpha value is -1.00. The number of carbonyl (C=O) groups is 1. The monoisotopic (exact) mass is 252 g/mol. The third-order valence-electron chi connectivity index (χ3n) is 2.60. The van der Waals surface area contributed by atoms with Crippen molar-refractivity contribution < 1.29 is 4.79 Å². The molecule has 1 amide bonds. The minimum Gasteiger partial charge on any atom is -0.325 e. The summed E-state index contributed by atoms with van der Waals surface area (Å²) in [4.78, 5) is 12.8. The second-order valence-corrected chi connectivity index (χ2v) is 4.85. The van der Waals surface area contributed by atoms with E-state index in [9.17, 15) is 4.79 Å². The van der Waals surface area contributed by atoms with Gasteiger partial charge in [-0.05, 0) is 43.9 Å². The molecule has 0 aromatic heterocycles. The number of thioether (sulfide) groups is 1. The number of amides is 1. The van der Waals surface area contributed by atoms with Crippen molar-refractivity contribution >= 4 is 23.4 Å². The number of carbonyl (C=O) groups excluding carboxylic acids is 1. The van der Waals surface area contributed by atoms with Gasteiger partial charge in [0.05, 0.1) is 6.54 Å². The Balaban J connectivity index is 2.39. The van der Waals surface area contributed by atoms with Gasteiger partial charge < -0.3 is 10.6 Å². The first-order chi connectivity index (χ1) is 8.15.